The van der Waals surface area contributed by atoms with E-state index in [0.29, 0.717) is 22.3 Å². The molecule has 4 heterocycles. The van der Waals surface area contributed by atoms with Gasteiger partial charge in [-0.1, -0.05) is 18.5 Å². The number of hydrogen-bond donors (Lipinski definition) is 1. The van der Waals surface area contributed by atoms with Crippen molar-refractivity contribution in [3.63, 3.8) is 0 Å². The number of alkyl halides is 3. The molecule has 0 bridgehead atoms. The minimum absolute atomic E-state index is 0.000108. The maximum Gasteiger partial charge on any atom is 0.418 e. The van der Waals surface area contributed by atoms with Crippen molar-refractivity contribution in [3.05, 3.63) is 81.3 Å². The van der Waals surface area contributed by atoms with E-state index in [1.54, 1.807) is 6.92 Å². The molecular weight excluding hydrogens is 536 g/mol. The molecule has 0 radical (unpaired) electrons. The van der Waals surface area contributed by atoms with Crippen molar-refractivity contribution in [2.24, 2.45) is 0 Å². The average Bonchev–Trinajstić information content (AvgIpc) is 3.35. The van der Waals surface area contributed by atoms with Crippen molar-refractivity contribution >= 4 is 40.4 Å². The smallest absolute Gasteiger partial charge is 0.306 e. The number of rotatable bonds is 7. The van der Waals surface area contributed by atoms with Crippen LogP contribution in [0.1, 0.15) is 50.0 Å². The number of carbonyl (C=O) groups excluding carboxylic acids is 2. The lowest BCUT2D eigenvalue weighted by Crippen LogP contribution is -2.13. The third-order valence-electron chi connectivity index (χ3n) is 5.02. The molecule has 0 saturated carbocycles. The SMILES string of the molecule is CC(CC(=O)c1cc(-c2cncc(F)c2)ncn1)c1ncc(C(=O)Nc2cc(C(F)(F)F)c(Cl)cn2)s1. The van der Waals surface area contributed by atoms with Crippen molar-refractivity contribution in [1.29, 1.82) is 0 Å². The lowest BCUT2D eigenvalue weighted by molar-refractivity contribution is -0.137. The van der Waals surface area contributed by atoms with Crippen LogP contribution in [0.4, 0.5) is 23.4 Å². The van der Waals surface area contributed by atoms with Gasteiger partial charge in [-0.15, -0.1) is 11.3 Å². The Morgan fingerprint density at radius 2 is 1.84 bits per heavy atom. The van der Waals surface area contributed by atoms with Gasteiger partial charge in [0.2, 0.25) is 0 Å². The number of nitrogens with one attached hydrogen (secondary N) is 1. The summed E-state index contributed by atoms with van der Waals surface area (Å²) in [6.07, 6.45) is 1.00. The lowest BCUT2D eigenvalue weighted by Gasteiger charge is -2.10. The first-order valence-corrected chi connectivity index (χ1v) is 11.7. The molecule has 0 aliphatic carbocycles. The van der Waals surface area contributed by atoms with E-state index in [1.807, 2.05) is 0 Å². The normalized spacial score (nSPS) is 12.3. The van der Waals surface area contributed by atoms with Gasteiger partial charge in [0, 0.05) is 30.3 Å². The molecule has 1 unspecified atom stereocenters. The molecule has 0 aromatic carbocycles. The van der Waals surface area contributed by atoms with Gasteiger partial charge in [0.15, 0.2) is 5.78 Å². The van der Waals surface area contributed by atoms with Crippen molar-refractivity contribution in [2.45, 2.75) is 25.4 Å². The minimum Gasteiger partial charge on any atom is -0.306 e. The fraction of sp³-hybridized carbons (Fsp3) is 0.174. The van der Waals surface area contributed by atoms with E-state index in [9.17, 15) is 27.2 Å². The van der Waals surface area contributed by atoms with Gasteiger partial charge in [0.25, 0.3) is 5.91 Å². The summed E-state index contributed by atoms with van der Waals surface area (Å²) in [5.41, 5.74) is -0.295. The second kappa shape index (κ2) is 10.6. The van der Waals surface area contributed by atoms with Crippen LogP contribution in [0.25, 0.3) is 11.3 Å². The van der Waals surface area contributed by atoms with Crippen LogP contribution in [0.15, 0.2) is 49.3 Å². The average molecular weight is 551 g/mol. The molecule has 4 rings (SSSR count). The molecule has 0 fully saturated rings. The van der Waals surface area contributed by atoms with Crippen LogP contribution in [-0.2, 0) is 6.18 Å². The van der Waals surface area contributed by atoms with Gasteiger partial charge in [-0.3, -0.25) is 14.6 Å². The van der Waals surface area contributed by atoms with E-state index < -0.39 is 34.4 Å². The monoisotopic (exact) mass is 550 g/mol. The molecule has 0 spiro atoms. The maximum absolute atomic E-state index is 13.5. The predicted octanol–water partition coefficient (Wildman–Crippen LogP) is 5.83. The van der Waals surface area contributed by atoms with Gasteiger partial charge >= 0.3 is 6.18 Å². The summed E-state index contributed by atoms with van der Waals surface area (Å²) in [6, 6.07) is 3.30. The van der Waals surface area contributed by atoms with Crippen molar-refractivity contribution in [1.82, 2.24) is 24.9 Å². The van der Waals surface area contributed by atoms with Crippen LogP contribution in [0, 0.1) is 5.82 Å². The molecule has 4 aromatic rings. The van der Waals surface area contributed by atoms with Crippen molar-refractivity contribution < 1.29 is 27.2 Å². The highest BCUT2D eigenvalue weighted by Gasteiger charge is 2.34. The van der Waals surface area contributed by atoms with E-state index in [4.69, 9.17) is 11.6 Å². The summed E-state index contributed by atoms with van der Waals surface area (Å²) < 4.78 is 52.6. The van der Waals surface area contributed by atoms with Crippen LogP contribution in [0.3, 0.4) is 0 Å². The number of halogens is 5. The Labute approximate surface area is 215 Å². The topological polar surface area (TPSA) is 111 Å². The number of amides is 1. The van der Waals surface area contributed by atoms with Crippen LogP contribution in [-0.4, -0.2) is 36.6 Å². The first-order valence-electron chi connectivity index (χ1n) is 10.5. The second-order valence-corrected chi connectivity index (χ2v) is 9.24. The number of pyridine rings is 2. The third kappa shape index (κ3) is 6.30. The number of anilines is 1. The minimum atomic E-state index is -4.71. The zero-order chi connectivity index (χ0) is 26.7. The van der Waals surface area contributed by atoms with Gasteiger partial charge in [0.1, 0.15) is 28.5 Å². The van der Waals surface area contributed by atoms with E-state index in [1.165, 1.54) is 30.9 Å². The Morgan fingerprint density at radius 1 is 1.05 bits per heavy atom. The lowest BCUT2D eigenvalue weighted by atomic mass is 10.0. The second-order valence-electron chi connectivity index (χ2n) is 7.77. The third-order valence-corrected chi connectivity index (χ3v) is 6.55. The van der Waals surface area contributed by atoms with Gasteiger partial charge < -0.3 is 5.32 Å². The summed E-state index contributed by atoms with van der Waals surface area (Å²) in [4.78, 5) is 45.1. The predicted molar refractivity (Wildman–Crippen MR) is 127 cm³/mol. The fourth-order valence-electron chi connectivity index (χ4n) is 3.21. The summed E-state index contributed by atoms with van der Waals surface area (Å²) in [5.74, 6) is -2.32. The van der Waals surface area contributed by atoms with Crippen LogP contribution in [0.5, 0.6) is 0 Å². The number of ketones is 1. The largest absolute Gasteiger partial charge is 0.418 e. The molecule has 14 heteroatoms. The number of nitrogens with zero attached hydrogens (tertiary/aromatic N) is 5. The van der Waals surface area contributed by atoms with Gasteiger partial charge in [-0.05, 0) is 18.2 Å². The Hall–Kier alpha value is -3.84. The van der Waals surface area contributed by atoms with Crippen LogP contribution in [0.2, 0.25) is 5.02 Å². The molecule has 8 nitrogen and oxygen atoms in total. The molecule has 37 heavy (non-hydrogen) atoms. The number of aromatic nitrogens is 5. The number of carbonyl (C=O) groups is 2. The Kier molecular flexibility index (Phi) is 7.55. The van der Waals surface area contributed by atoms with Crippen molar-refractivity contribution in [2.75, 3.05) is 5.32 Å². The summed E-state index contributed by atoms with van der Waals surface area (Å²) in [6.45, 7) is 1.73. The molecule has 0 saturated heterocycles. The van der Waals surface area contributed by atoms with E-state index in [-0.39, 0.29) is 28.6 Å². The Bertz CT molecular complexity index is 1480. The summed E-state index contributed by atoms with van der Waals surface area (Å²) in [7, 11) is 0. The number of thiazole rings is 1. The molecule has 1 amide bonds. The van der Waals surface area contributed by atoms with Crippen molar-refractivity contribution in [3.8, 4) is 11.3 Å². The van der Waals surface area contributed by atoms with Crippen LogP contribution < -0.4 is 5.32 Å². The van der Waals surface area contributed by atoms with Crippen LogP contribution >= 0.6 is 22.9 Å². The summed E-state index contributed by atoms with van der Waals surface area (Å²) >= 11 is 6.53. The summed E-state index contributed by atoms with van der Waals surface area (Å²) in [5, 5.41) is 2.16. The zero-order valence-corrected chi connectivity index (χ0v) is 20.3. The quantitative estimate of drug-likeness (QED) is 0.228. The highest BCUT2D eigenvalue weighted by Crippen LogP contribution is 2.35. The molecule has 190 valence electrons. The molecule has 1 N–H and O–H groups in total. The highest BCUT2D eigenvalue weighted by atomic mass is 35.5. The number of hydrogen-bond acceptors (Lipinski definition) is 8. The Balaban J connectivity index is 1.43. The zero-order valence-electron chi connectivity index (χ0n) is 18.8. The molecule has 0 aliphatic rings. The first kappa shape index (κ1) is 26.2. The molecular formula is C23H15ClF4N6O2S. The van der Waals surface area contributed by atoms with Gasteiger partial charge in [-0.2, -0.15) is 13.2 Å². The maximum atomic E-state index is 13.5. The molecule has 4 aromatic heterocycles. The number of Topliss-reactive ketones (excluding diaryl/α,β-unsaturated/α-hetero) is 1. The van der Waals surface area contributed by atoms with E-state index >= 15 is 0 Å². The molecule has 1 atom stereocenters. The standard InChI is InChI=1S/C23H15ClF4N6O2S/c1-11(2-18(35)17-5-16(32-10-33-17)12-3-13(25)7-29-6-12)22-31-9-19(37-22)21(36)34-20-4-14(23(26,27)28)15(24)8-30-20/h3-11H,2H2,1H3,(H,30,34,36). The molecule has 0 aliphatic heterocycles. The van der Waals surface area contributed by atoms with E-state index in [2.05, 4.69) is 30.2 Å². The van der Waals surface area contributed by atoms with E-state index in [0.717, 1.165) is 23.7 Å². The fourth-order valence-corrected chi connectivity index (χ4v) is 4.29. The van der Waals surface area contributed by atoms with Gasteiger partial charge in [0.05, 0.1) is 33.7 Å². The highest BCUT2D eigenvalue weighted by molar-refractivity contribution is 7.13. The Morgan fingerprint density at radius 3 is 2.57 bits per heavy atom. The first-order chi connectivity index (χ1) is 17.5. The van der Waals surface area contributed by atoms with Gasteiger partial charge in [-0.25, -0.2) is 24.3 Å².